The van der Waals surface area contributed by atoms with Crippen LogP contribution in [0, 0.1) is 0 Å². The largest absolute Gasteiger partial charge is 0.229 e. The summed E-state index contributed by atoms with van der Waals surface area (Å²) in [5.74, 6) is 0. The molecule has 0 atom stereocenters. The minimum atomic E-state index is -1.80. The molecule has 0 saturated carbocycles. The van der Waals surface area contributed by atoms with Crippen molar-refractivity contribution in [3.63, 3.8) is 0 Å². The van der Waals surface area contributed by atoms with E-state index in [0.29, 0.717) is 0 Å². The summed E-state index contributed by atoms with van der Waals surface area (Å²) in [6.45, 7) is 0. The maximum atomic E-state index is 3.95. The van der Waals surface area contributed by atoms with E-state index < -0.39 is 10.6 Å². The lowest BCUT2D eigenvalue weighted by molar-refractivity contribution is 1.73. The molecule has 0 radical (unpaired) electrons. The highest BCUT2D eigenvalue weighted by molar-refractivity contribution is 9.54. The highest BCUT2D eigenvalue weighted by Crippen LogP contribution is 2.36. The van der Waals surface area contributed by atoms with E-state index in [1.807, 2.05) is 0 Å². The summed E-state index contributed by atoms with van der Waals surface area (Å²) in [6.07, 6.45) is 0. The third-order valence-corrected chi connectivity index (χ3v) is 24.3. The van der Waals surface area contributed by atoms with Crippen LogP contribution in [0.15, 0.2) is 60.7 Å². The van der Waals surface area contributed by atoms with Crippen molar-refractivity contribution < 1.29 is 0 Å². The predicted molar refractivity (Wildman–Crippen MR) is 104 cm³/mol. The second-order valence-corrected chi connectivity index (χ2v) is 32.3. The van der Waals surface area contributed by atoms with Gasteiger partial charge in [0.1, 0.15) is 0 Å². The molecule has 0 saturated heterocycles. The van der Waals surface area contributed by atoms with E-state index in [1.54, 1.807) is 0 Å². The molecule has 0 nitrogen and oxygen atoms in total. The summed E-state index contributed by atoms with van der Waals surface area (Å²) in [5, 5.41) is -0.884. The first kappa shape index (κ1) is 16.2. The lowest BCUT2D eigenvalue weighted by Gasteiger charge is -2.26. The Morgan fingerprint density at radius 3 is 1.21 bits per heavy atom. The summed E-state index contributed by atoms with van der Waals surface area (Å²) < 4.78 is 0. The van der Waals surface area contributed by atoms with Gasteiger partial charge in [0.25, 0.3) is 0 Å². The van der Waals surface area contributed by atoms with Gasteiger partial charge < -0.3 is 0 Å². The van der Waals surface area contributed by atoms with Crippen molar-refractivity contribution in [2.75, 3.05) is 0 Å². The Morgan fingerprint density at radius 1 is 0.579 bits per heavy atom. The van der Waals surface area contributed by atoms with Crippen molar-refractivity contribution >= 4 is 82.2 Å². The second kappa shape index (κ2) is 6.70. The van der Waals surface area contributed by atoms with Gasteiger partial charge >= 0.3 is 0 Å². The maximum absolute atomic E-state index is 3.95. The Labute approximate surface area is 147 Å². The molecule has 19 heavy (non-hydrogen) atoms. The van der Waals surface area contributed by atoms with Gasteiger partial charge in [-0.1, -0.05) is 60.7 Å². The first-order valence-corrected chi connectivity index (χ1v) is 19.2. The highest BCUT2D eigenvalue weighted by Gasteiger charge is 2.41. The van der Waals surface area contributed by atoms with Crippen molar-refractivity contribution in [2.45, 2.75) is 5.67 Å². The van der Waals surface area contributed by atoms with Gasteiger partial charge in [0.05, 0.1) is 0 Å². The third kappa shape index (κ3) is 4.38. The van der Waals surface area contributed by atoms with Crippen LogP contribution in [0.5, 0.6) is 0 Å². The predicted octanol–water partition coefficient (Wildman–Crippen LogP) is 4.80. The van der Waals surface area contributed by atoms with E-state index in [-0.39, 0.29) is 0 Å². The summed E-state index contributed by atoms with van der Waals surface area (Å²) in [4.78, 5) is 0. The van der Waals surface area contributed by atoms with Crippen molar-refractivity contribution in [3.05, 3.63) is 60.7 Å². The Morgan fingerprint density at radius 2 is 0.895 bits per heavy atom. The van der Waals surface area contributed by atoms with Gasteiger partial charge in [-0.05, 0) is 16.0 Å². The average Bonchev–Trinajstić information content (AvgIpc) is 2.40. The van der Waals surface area contributed by atoms with Gasteiger partial charge in [0.2, 0.25) is 10.6 Å². The quantitative estimate of drug-likeness (QED) is 0.384. The molecule has 100 valence electrons. The second-order valence-electron chi connectivity index (χ2n) is 4.32. The third-order valence-electron chi connectivity index (χ3n) is 2.84. The lowest BCUT2D eigenvalue weighted by Crippen LogP contribution is -2.47. The zero-order chi connectivity index (χ0) is 13.9. The van der Waals surface area contributed by atoms with E-state index in [4.69, 9.17) is 0 Å². The Bertz CT molecular complexity index is 479. The van der Waals surface area contributed by atoms with E-state index >= 15 is 0 Å². The molecule has 0 aromatic heterocycles. The zero-order valence-corrected chi connectivity index (χ0v) is 18.3. The average molecular weight is 544 g/mol. The molecule has 0 spiro atoms. The van der Waals surface area contributed by atoms with Crippen LogP contribution in [-0.4, -0.2) is 10.6 Å². The molecule has 0 bridgehead atoms. The molecule has 0 N–H and O–H groups in total. The van der Waals surface area contributed by atoms with Crippen LogP contribution < -0.4 is 10.4 Å². The van der Waals surface area contributed by atoms with Crippen molar-refractivity contribution in [3.8, 4) is 0 Å². The van der Waals surface area contributed by atoms with Crippen LogP contribution in [-0.2, 0) is 0 Å². The first-order chi connectivity index (χ1) is 8.92. The molecule has 0 aliphatic rings. The molecule has 0 heterocycles. The highest BCUT2D eigenvalue weighted by atomic mass is 79.9. The van der Waals surface area contributed by atoms with Crippen LogP contribution >= 0.6 is 61.2 Å². The number of hydrogen-bond donors (Lipinski definition) is 0. The van der Waals surface area contributed by atoms with Crippen molar-refractivity contribution in [2.24, 2.45) is 0 Å². The van der Waals surface area contributed by atoms with Crippen LogP contribution in [0.4, 0.5) is 0 Å². The van der Waals surface area contributed by atoms with Gasteiger partial charge in [-0.15, -0.1) is 61.2 Å². The van der Waals surface area contributed by atoms with E-state index in [0.717, 1.165) is 5.67 Å². The molecular formula is C13H12Br4Si2. The standard InChI is InChI=1S/C13H12Br4Si2/c14-18(15,12-7-3-1-4-8-12)11-19(16,17)13-9-5-2-6-10-13/h1-10H,11H2. The van der Waals surface area contributed by atoms with E-state index in [2.05, 4.69) is 122 Å². The Hall–Kier alpha value is 0.794. The summed E-state index contributed by atoms with van der Waals surface area (Å²) in [7, 11) is 0. The summed E-state index contributed by atoms with van der Waals surface area (Å²) >= 11 is 15.8. The molecule has 6 heteroatoms. The summed E-state index contributed by atoms with van der Waals surface area (Å²) in [5.41, 5.74) is 1.08. The number of halogens is 4. The molecule has 2 aromatic rings. The number of rotatable bonds is 4. The molecule has 0 amide bonds. The normalized spacial score (nSPS) is 12.4. The van der Waals surface area contributed by atoms with Gasteiger partial charge in [0.15, 0.2) is 0 Å². The fourth-order valence-corrected chi connectivity index (χ4v) is 38.9. The van der Waals surface area contributed by atoms with Crippen LogP contribution in [0.3, 0.4) is 0 Å². The SMILES string of the molecule is Br[Si](Br)(C[Si](Br)(Br)c1ccccc1)c1ccccc1. The molecule has 0 unspecified atom stereocenters. The number of hydrogen-bond acceptors (Lipinski definition) is 0. The Balaban J connectivity index is 2.25. The molecule has 0 fully saturated rings. The molecule has 0 aliphatic heterocycles. The minimum absolute atomic E-state index is 1.08. The molecule has 0 aliphatic carbocycles. The lowest BCUT2D eigenvalue weighted by atomic mass is 10.4. The summed E-state index contributed by atoms with van der Waals surface area (Å²) in [6, 6.07) is 21.2. The van der Waals surface area contributed by atoms with Crippen LogP contribution in [0.25, 0.3) is 0 Å². The smallest absolute Gasteiger partial charge is 0.105 e. The molecule has 2 rings (SSSR count). The van der Waals surface area contributed by atoms with Crippen LogP contribution in [0.2, 0.25) is 5.67 Å². The van der Waals surface area contributed by atoms with E-state index in [9.17, 15) is 0 Å². The number of benzene rings is 2. The monoisotopic (exact) mass is 540 g/mol. The Kier molecular flexibility index (Phi) is 5.70. The maximum Gasteiger partial charge on any atom is 0.229 e. The first-order valence-electron chi connectivity index (χ1n) is 5.78. The van der Waals surface area contributed by atoms with Gasteiger partial charge in [-0.25, -0.2) is 0 Å². The topological polar surface area (TPSA) is 0 Å². The zero-order valence-electron chi connectivity index (χ0n) is 9.99. The fraction of sp³-hybridized carbons (Fsp3) is 0.0769. The minimum Gasteiger partial charge on any atom is -0.105 e. The van der Waals surface area contributed by atoms with Gasteiger partial charge in [-0.3, -0.25) is 0 Å². The van der Waals surface area contributed by atoms with Gasteiger partial charge in [0, 0.05) is 0 Å². The molecular weight excluding hydrogens is 532 g/mol. The van der Waals surface area contributed by atoms with Crippen molar-refractivity contribution in [1.29, 1.82) is 0 Å². The fourth-order valence-electron chi connectivity index (χ4n) is 1.85. The van der Waals surface area contributed by atoms with Gasteiger partial charge in [-0.2, -0.15) is 0 Å². The molecule has 2 aromatic carbocycles. The van der Waals surface area contributed by atoms with Crippen molar-refractivity contribution in [1.82, 2.24) is 0 Å². The van der Waals surface area contributed by atoms with E-state index in [1.165, 1.54) is 10.4 Å². The van der Waals surface area contributed by atoms with Crippen LogP contribution in [0.1, 0.15) is 0 Å².